The Hall–Kier alpha value is -1.39. The van der Waals surface area contributed by atoms with Crippen molar-refractivity contribution >= 4 is 15.9 Å². The van der Waals surface area contributed by atoms with Gasteiger partial charge in [0.05, 0.1) is 0 Å². The number of nitrogens with two attached hydrogens (primary N) is 1. The Balaban J connectivity index is 2.30. The van der Waals surface area contributed by atoms with Crippen LogP contribution in [-0.2, 0) is 6.42 Å². The molecule has 0 radical (unpaired) electrons. The van der Waals surface area contributed by atoms with E-state index in [-0.39, 0.29) is 5.82 Å². The Morgan fingerprint density at radius 3 is 2.68 bits per heavy atom. The van der Waals surface area contributed by atoms with Gasteiger partial charge in [0.2, 0.25) is 0 Å². The summed E-state index contributed by atoms with van der Waals surface area (Å²) >= 11 is 3.40. The molecule has 0 amide bonds. The van der Waals surface area contributed by atoms with E-state index in [9.17, 15) is 4.39 Å². The number of hydrogen-bond donors (Lipinski definition) is 1. The van der Waals surface area contributed by atoms with Gasteiger partial charge in [-0.15, -0.1) is 0 Å². The summed E-state index contributed by atoms with van der Waals surface area (Å²) in [4.78, 5) is 0. The Morgan fingerprint density at radius 2 is 2.00 bits per heavy atom. The molecule has 100 valence electrons. The van der Waals surface area contributed by atoms with Gasteiger partial charge >= 0.3 is 0 Å². The Labute approximate surface area is 120 Å². The molecule has 0 fully saturated rings. The van der Waals surface area contributed by atoms with Crippen LogP contribution in [0.25, 0.3) is 0 Å². The molecular formula is C15H15BrFNO. The molecule has 0 heterocycles. The molecule has 0 aromatic heterocycles. The van der Waals surface area contributed by atoms with Crippen LogP contribution in [0.5, 0.6) is 11.5 Å². The topological polar surface area (TPSA) is 35.2 Å². The molecule has 2 nitrogen and oxygen atoms in total. The number of hydrogen-bond acceptors (Lipinski definition) is 2. The summed E-state index contributed by atoms with van der Waals surface area (Å²) in [5, 5.41) is 0. The number of aryl methyl sites for hydroxylation is 1. The molecule has 4 heteroatoms. The average Bonchev–Trinajstić information content (AvgIpc) is 2.37. The van der Waals surface area contributed by atoms with Gasteiger partial charge in [0.1, 0.15) is 17.3 Å². The van der Waals surface area contributed by atoms with E-state index < -0.39 is 0 Å². The second-order valence-corrected chi connectivity index (χ2v) is 5.22. The molecule has 0 aliphatic heterocycles. The molecule has 0 spiro atoms. The van der Waals surface area contributed by atoms with Gasteiger partial charge in [0.15, 0.2) is 0 Å². The fourth-order valence-corrected chi connectivity index (χ4v) is 2.09. The van der Waals surface area contributed by atoms with E-state index >= 15 is 0 Å². The molecule has 2 N–H and O–H groups in total. The van der Waals surface area contributed by atoms with Crippen molar-refractivity contribution in [2.75, 3.05) is 6.54 Å². The highest BCUT2D eigenvalue weighted by molar-refractivity contribution is 9.10. The van der Waals surface area contributed by atoms with Gasteiger partial charge < -0.3 is 10.5 Å². The average molecular weight is 324 g/mol. The fraction of sp³-hybridized carbons (Fsp3) is 0.200. The van der Waals surface area contributed by atoms with Crippen LogP contribution in [0.3, 0.4) is 0 Å². The summed E-state index contributed by atoms with van der Waals surface area (Å²) in [6.45, 7) is 2.26. The van der Waals surface area contributed by atoms with Gasteiger partial charge in [-0.25, -0.2) is 4.39 Å². The maximum Gasteiger partial charge on any atom is 0.131 e. The molecular weight excluding hydrogens is 309 g/mol. The van der Waals surface area contributed by atoms with Crippen LogP contribution in [0.2, 0.25) is 0 Å². The molecule has 0 bridgehead atoms. The summed E-state index contributed by atoms with van der Waals surface area (Å²) in [6.07, 6.45) is 0.719. The van der Waals surface area contributed by atoms with Gasteiger partial charge in [0.25, 0.3) is 0 Å². The molecule has 0 aliphatic rings. The lowest BCUT2D eigenvalue weighted by molar-refractivity contribution is 0.469. The van der Waals surface area contributed by atoms with Gasteiger partial charge in [-0.1, -0.05) is 28.1 Å². The summed E-state index contributed by atoms with van der Waals surface area (Å²) in [6, 6.07) is 10.6. The predicted molar refractivity (Wildman–Crippen MR) is 78.1 cm³/mol. The number of halogens is 2. The molecule has 2 rings (SSSR count). The standard InChI is InChI=1S/C15H15BrFNO/c1-10-2-5-13(9-14(10)17)19-15-8-12(16)4-3-11(15)6-7-18/h2-5,8-9H,6-7,18H2,1H3. The first-order valence-electron chi connectivity index (χ1n) is 6.02. The maximum atomic E-state index is 13.5. The molecule has 0 saturated carbocycles. The Bertz CT molecular complexity index is 586. The van der Waals surface area contributed by atoms with Crippen molar-refractivity contribution in [3.8, 4) is 11.5 Å². The van der Waals surface area contributed by atoms with Crippen molar-refractivity contribution in [3.63, 3.8) is 0 Å². The fourth-order valence-electron chi connectivity index (χ4n) is 1.75. The van der Waals surface area contributed by atoms with Gasteiger partial charge in [0, 0.05) is 10.5 Å². The van der Waals surface area contributed by atoms with E-state index in [2.05, 4.69) is 15.9 Å². The third-order valence-corrected chi connectivity index (χ3v) is 3.31. The number of benzene rings is 2. The van der Waals surface area contributed by atoms with Crippen molar-refractivity contribution in [2.24, 2.45) is 5.73 Å². The molecule has 0 atom stereocenters. The zero-order valence-electron chi connectivity index (χ0n) is 10.6. The first-order valence-corrected chi connectivity index (χ1v) is 6.82. The lowest BCUT2D eigenvalue weighted by Crippen LogP contribution is -2.04. The number of ether oxygens (including phenoxy) is 1. The van der Waals surface area contributed by atoms with Crippen LogP contribution in [0, 0.1) is 12.7 Å². The highest BCUT2D eigenvalue weighted by atomic mass is 79.9. The van der Waals surface area contributed by atoms with E-state index in [0.717, 1.165) is 16.5 Å². The predicted octanol–water partition coefficient (Wildman–Crippen LogP) is 4.19. The Kier molecular flexibility index (Phi) is 4.56. The van der Waals surface area contributed by atoms with Crippen molar-refractivity contribution in [2.45, 2.75) is 13.3 Å². The maximum absolute atomic E-state index is 13.5. The minimum absolute atomic E-state index is 0.270. The second kappa shape index (κ2) is 6.17. The highest BCUT2D eigenvalue weighted by Crippen LogP contribution is 2.29. The SMILES string of the molecule is Cc1ccc(Oc2cc(Br)ccc2CCN)cc1F. The monoisotopic (exact) mass is 323 g/mol. The largest absolute Gasteiger partial charge is 0.457 e. The molecule has 2 aromatic rings. The molecule has 19 heavy (non-hydrogen) atoms. The van der Waals surface area contributed by atoms with Crippen LogP contribution >= 0.6 is 15.9 Å². The quantitative estimate of drug-likeness (QED) is 0.915. The molecule has 0 aliphatic carbocycles. The zero-order valence-corrected chi connectivity index (χ0v) is 12.2. The van der Waals surface area contributed by atoms with Crippen molar-refractivity contribution in [1.29, 1.82) is 0 Å². The van der Waals surface area contributed by atoms with Gasteiger partial charge in [-0.3, -0.25) is 0 Å². The summed E-state index contributed by atoms with van der Waals surface area (Å²) in [5.41, 5.74) is 7.18. The van der Waals surface area contributed by atoms with Crippen LogP contribution in [0.15, 0.2) is 40.9 Å². The minimum Gasteiger partial charge on any atom is -0.457 e. The van der Waals surface area contributed by atoms with Crippen molar-refractivity contribution in [1.82, 2.24) is 0 Å². The molecule has 0 unspecified atom stereocenters. The summed E-state index contributed by atoms with van der Waals surface area (Å²) in [7, 11) is 0. The van der Waals surface area contributed by atoms with Crippen LogP contribution < -0.4 is 10.5 Å². The lowest BCUT2D eigenvalue weighted by atomic mass is 10.1. The van der Waals surface area contributed by atoms with Crippen LogP contribution in [-0.4, -0.2) is 6.54 Å². The Morgan fingerprint density at radius 1 is 1.21 bits per heavy atom. The van der Waals surface area contributed by atoms with E-state index in [1.54, 1.807) is 19.1 Å². The third-order valence-electron chi connectivity index (χ3n) is 2.81. The van der Waals surface area contributed by atoms with E-state index in [1.807, 2.05) is 18.2 Å². The van der Waals surface area contributed by atoms with Crippen molar-refractivity contribution in [3.05, 3.63) is 57.8 Å². The molecule has 2 aromatic carbocycles. The van der Waals surface area contributed by atoms with Crippen LogP contribution in [0.1, 0.15) is 11.1 Å². The van der Waals surface area contributed by atoms with E-state index in [0.29, 0.717) is 23.6 Å². The normalized spacial score (nSPS) is 10.5. The summed E-state index contributed by atoms with van der Waals surface area (Å²) in [5.74, 6) is 0.912. The smallest absolute Gasteiger partial charge is 0.131 e. The first kappa shape index (κ1) is 14.0. The van der Waals surface area contributed by atoms with Gasteiger partial charge in [-0.05, 0) is 49.2 Å². The van der Waals surface area contributed by atoms with E-state index in [1.165, 1.54) is 6.07 Å². The number of rotatable bonds is 4. The van der Waals surface area contributed by atoms with Crippen molar-refractivity contribution < 1.29 is 9.13 Å². The minimum atomic E-state index is -0.270. The first-order chi connectivity index (χ1) is 9.10. The zero-order chi connectivity index (χ0) is 13.8. The van der Waals surface area contributed by atoms with Crippen LogP contribution in [0.4, 0.5) is 4.39 Å². The molecule has 0 saturated heterocycles. The lowest BCUT2D eigenvalue weighted by Gasteiger charge is -2.11. The summed E-state index contributed by atoms with van der Waals surface area (Å²) < 4.78 is 20.2. The third kappa shape index (κ3) is 3.55. The van der Waals surface area contributed by atoms with E-state index in [4.69, 9.17) is 10.5 Å². The van der Waals surface area contributed by atoms with Gasteiger partial charge in [-0.2, -0.15) is 0 Å². The second-order valence-electron chi connectivity index (χ2n) is 4.30. The highest BCUT2D eigenvalue weighted by Gasteiger charge is 2.07.